The van der Waals surface area contributed by atoms with E-state index in [0.717, 1.165) is 28.3 Å². The monoisotopic (exact) mass is 231 g/mol. The van der Waals surface area contributed by atoms with E-state index in [-0.39, 0.29) is 0 Å². The summed E-state index contributed by atoms with van der Waals surface area (Å²) in [6.07, 6.45) is 1.72. The molecule has 0 aliphatic carbocycles. The topological polar surface area (TPSA) is 73.2 Å². The smallest absolute Gasteiger partial charge is 0.197 e. The molecule has 1 aromatic carbocycles. The first kappa shape index (κ1) is 10.0. The third kappa shape index (κ3) is 1.69. The number of fused-ring (bicyclic) bond motifs is 1. The summed E-state index contributed by atoms with van der Waals surface area (Å²) in [5.41, 5.74) is 8.59. The number of benzene rings is 1. The Morgan fingerprint density at radius 2 is 1.94 bits per heavy atom. The van der Waals surface area contributed by atoms with Gasteiger partial charge in [-0.2, -0.15) is 0 Å². The number of hydrogen-bond acceptors (Lipinski definition) is 4. The molecule has 0 bridgehead atoms. The number of nitrogens with one attached hydrogen (secondary N) is 1. The number of aromatic amines is 1. The van der Waals surface area contributed by atoms with Gasteiger partial charge in [0.2, 0.25) is 0 Å². The molecule has 0 radical (unpaired) electrons. The van der Waals surface area contributed by atoms with E-state index < -0.39 is 0 Å². The molecule has 0 amide bonds. The lowest BCUT2D eigenvalue weighted by Gasteiger charge is -2.20. The zero-order valence-corrected chi connectivity index (χ0v) is 9.49. The van der Waals surface area contributed by atoms with E-state index in [1.54, 1.807) is 6.20 Å². The Morgan fingerprint density at radius 3 is 2.59 bits per heavy atom. The van der Waals surface area contributed by atoms with Crippen molar-refractivity contribution in [1.29, 1.82) is 0 Å². The van der Waals surface area contributed by atoms with Crippen LogP contribution in [0.15, 0.2) is 18.3 Å². The van der Waals surface area contributed by atoms with E-state index >= 15 is 0 Å². The van der Waals surface area contributed by atoms with Crippen molar-refractivity contribution in [2.45, 2.75) is 6.92 Å². The van der Waals surface area contributed by atoms with Crippen LogP contribution in [0.1, 0.15) is 5.56 Å². The number of imidazole rings is 1. The van der Waals surface area contributed by atoms with Gasteiger partial charge in [0.15, 0.2) is 17.4 Å². The van der Waals surface area contributed by atoms with Crippen molar-refractivity contribution >= 4 is 5.95 Å². The number of hydrogen-bond donors (Lipinski definition) is 2. The molecule has 0 saturated carbocycles. The second-order valence-corrected chi connectivity index (χ2v) is 3.99. The number of aryl methyl sites for hydroxylation is 1. The Labute approximate surface area is 98.6 Å². The van der Waals surface area contributed by atoms with Crippen molar-refractivity contribution in [3.8, 4) is 22.8 Å². The molecule has 0 unspecified atom stereocenters. The molecule has 3 rings (SSSR count). The first-order valence-electron chi connectivity index (χ1n) is 5.45. The van der Waals surface area contributed by atoms with Gasteiger partial charge in [-0.15, -0.1) is 0 Å². The second-order valence-electron chi connectivity index (χ2n) is 3.99. The fourth-order valence-corrected chi connectivity index (χ4v) is 1.95. The largest absolute Gasteiger partial charge is 0.486 e. The number of nitrogens with zero attached hydrogens (tertiary/aromatic N) is 1. The molecule has 5 nitrogen and oxygen atoms in total. The zero-order chi connectivity index (χ0) is 11.8. The van der Waals surface area contributed by atoms with Gasteiger partial charge in [-0.3, -0.25) is 0 Å². The predicted molar refractivity (Wildman–Crippen MR) is 64.2 cm³/mol. The summed E-state index contributed by atoms with van der Waals surface area (Å²) in [4.78, 5) is 7.01. The highest BCUT2D eigenvalue weighted by atomic mass is 16.6. The van der Waals surface area contributed by atoms with Gasteiger partial charge in [-0.05, 0) is 24.6 Å². The van der Waals surface area contributed by atoms with Crippen LogP contribution in [0.3, 0.4) is 0 Å². The molecule has 88 valence electrons. The van der Waals surface area contributed by atoms with Gasteiger partial charge in [-0.1, -0.05) is 0 Å². The van der Waals surface area contributed by atoms with Gasteiger partial charge in [0, 0.05) is 5.56 Å². The van der Waals surface area contributed by atoms with Crippen LogP contribution >= 0.6 is 0 Å². The van der Waals surface area contributed by atoms with E-state index in [0.29, 0.717) is 19.2 Å². The van der Waals surface area contributed by atoms with Crippen molar-refractivity contribution in [1.82, 2.24) is 9.97 Å². The quantitative estimate of drug-likeness (QED) is 0.784. The lowest BCUT2D eigenvalue weighted by atomic mass is 10.1. The molecular weight excluding hydrogens is 218 g/mol. The van der Waals surface area contributed by atoms with Crippen LogP contribution in [-0.4, -0.2) is 23.2 Å². The molecule has 0 fully saturated rings. The average Bonchev–Trinajstić information content (AvgIpc) is 2.75. The van der Waals surface area contributed by atoms with Crippen LogP contribution in [0.4, 0.5) is 5.95 Å². The second kappa shape index (κ2) is 3.69. The number of nitrogen functional groups attached to an aromatic ring is 1. The molecule has 2 heterocycles. The van der Waals surface area contributed by atoms with E-state index in [1.165, 1.54) is 0 Å². The van der Waals surface area contributed by atoms with Gasteiger partial charge in [0.05, 0.1) is 11.9 Å². The van der Waals surface area contributed by atoms with Gasteiger partial charge < -0.3 is 20.2 Å². The summed E-state index contributed by atoms with van der Waals surface area (Å²) in [5.74, 6) is 1.98. The molecular formula is C12H13N3O2. The summed E-state index contributed by atoms with van der Waals surface area (Å²) in [7, 11) is 0. The third-order valence-electron chi connectivity index (χ3n) is 2.77. The molecule has 0 saturated heterocycles. The van der Waals surface area contributed by atoms with E-state index in [9.17, 15) is 0 Å². The summed E-state index contributed by atoms with van der Waals surface area (Å²) in [6.45, 7) is 3.20. The van der Waals surface area contributed by atoms with Gasteiger partial charge in [0.1, 0.15) is 13.2 Å². The van der Waals surface area contributed by atoms with Crippen LogP contribution in [0.5, 0.6) is 11.5 Å². The molecule has 17 heavy (non-hydrogen) atoms. The predicted octanol–water partition coefficient (Wildman–Crippen LogP) is 1.74. The highest BCUT2D eigenvalue weighted by molar-refractivity contribution is 5.68. The fourth-order valence-electron chi connectivity index (χ4n) is 1.95. The summed E-state index contributed by atoms with van der Waals surface area (Å²) in [6, 6.07) is 3.93. The maximum Gasteiger partial charge on any atom is 0.197 e. The van der Waals surface area contributed by atoms with Crippen LogP contribution in [-0.2, 0) is 0 Å². The molecule has 0 atom stereocenters. The van der Waals surface area contributed by atoms with Crippen molar-refractivity contribution in [2.75, 3.05) is 18.9 Å². The minimum atomic E-state index is 0.411. The number of rotatable bonds is 1. The lowest BCUT2D eigenvalue weighted by molar-refractivity contribution is 0.171. The Kier molecular flexibility index (Phi) is 2.18. The van der Waals surface area contributed by atoms with Crippen LogP contribution < -0.4 is 15.2 Å². The zero-order valence-electron chi connectivity index (χ0n) is 9.49. The summed E-state index contributed by atoms with van der Waals surface area (Å²) in [5, 5.41) is 0. The molecule has 2 aromatic rings. The Bertz CT molecular complexity index is 563. The van der Waals surface area contributed by atoms with E-state index in [2.05, 4.69) is 9.97 Å². The van der Waals surface area contributed by atoms with Crippen molar-refractivity contribution < 1.29 is 9.47 Å². The van der Waals surface area contributed by atoms with Crippen molar-refractivity contribution in [2.24, 2.45) is 0 Å². The number of H-pyrrole nitrogens is 1. The van der Waals surface area contributed by atoms with E-state index in [1.807, 2.05) is 19.1 Å². The van der Waals surface area contributed by atoms with Crippen molar-refractivity contribution in [3.63, 3.8) is 0 Å². The number of nitrogens with two attached hydrogens (primary N) is 1. The Balaban J connectivity index is 2.11. The highest BCUT2D eigenvalue weighted by Crippen LogP contribution is 2.36. The number of anilines is 1. The fraction of sp³-hybridized carbons (Fsp3) is 0.250. The lowest BCUT2D eigenvalue weighted by Crippen LogP contribution is -2.15. The molecule has 1 aliphatic heterocycles. The summed E-state index contributed by atoms with van der Waals surface area (Å²) >= 11 is 0. The number of aromatic nitrogens is 2. The van der Waals surface area contributed by atoms with Crippen LogP contribution in [0.25, 0.3) is 11.3 Å². The van der Waals surface area contributed by atoms with Crippen LogP contribution in [0.2, 0.25) is 0 Å². The van der Waals surface area contributed by atoms with E-state index in [4.69, 9.17) is 15.2 Å². The Morgan fingerprint density at radius 1 is 1.24 bits per heavy atom. The highest BCUT2D eigenvalue weighted by Gasteiger charge is 2.15. The minimum absolute atomic E-state index is 0.411. The van der Waals surface area contributed by atoms with Gasteiger partial charge in [0.25, 0.3) is 0 Å². The SMILES string of the molecule is Cc1cc2c(cc1-c1cnc(N)[nH]1)OCCO2. The molecule has 1 aromatic heterocycles. The van der Waals surface area contributed by atoms with Crippen LogP contribution in [0, 0.1) is 6.92 Å². The normalized spacial score (nSPS) is 13.7. The summed E-state index contributed by atoms with van der Waals surface area (Å²) < 4.78 is 11.1. The maximum atomic E-state index is 5.58. The molecule has 5 heteroatoms. The standard InChI is InChI=1S/C12H13N3O2/c1-7-4-10-11(17-3-2-16-10)5-8(7)9-6-14-12(13)15-9/h4-6H,2-3H2,1H3,(H3,13,14,15). The van der Waals surface area contributed by atoms with Gasteiger partial charge in [-0.25, -0.2) is 4.98 Å². The first-order chi connectivity index (χ1) is 8.24. The molecule has 0 spiro atoms. The maximum absolute atomic E-state index is 5.58. The average molecular weight is 231 g/mol. The molecule has 3 N–H and O–H groups in total. The first-order valence-corrected chi connectivity index (χ1v) is 5.45. The number of ether oxygens (including phenoxy) is 2. The molecule has 1 aliphatic rings. The third-order valence-corrected chi connectivity index (χ3v) is 2.77. The Hall–Kier alpha value is -2.17. The van der Waals surface area contributed by atoms with Gasteiger partial charge >= 0.3 is 0 Å². The van der Waals surface area contributed by atoms with Crippen molar-refractivity contribution in [3.05, 3.63) is 23.9 Å². The minimum Gasteiger partial charge on any atom is -0.486 e.